The molecule has 0 radical (unpaired) electrons. The number of thioether (sulfide) groups is 1. The molecule has 0 saturated heterocycles. The molecule has 0 fully saturated rings. The SMILES string of the molecule is C=CCn1c(SCC(=O)Nc2cc(Cl)ccc2C)nc2sc3c(c2c1=O)CC[C@H](C)C3. The van der Waals surface area contributed by atoms with E-state index in [4.69, 9.17) is 16.6 Å². The van der Waals surface area contributed by atoms with Crippen LogP contribution >= 0.6 is 34.7 Å². The topological polar surface area (TPSA) is 64.0 Å². The summed E-state index contributed by atoms with van der Waals surface area (Å²) in [5, 5.41) is 4.75. The summed E-state index contributed by atoms with van der Waals surface area (Å²) in [6, 6.07) is 5.38. The van der Waals surface area contributed by atoms with Gasteiger partial charge in [-0.2, -0.15) is 0 Å². The Kier molecular flexibility index (Phi) is 6.55. The molecule has 1 amide bonds. The highest BCUT2D eigenvalue weighted by Crippen LogP contribution is 2.36. The fraction of sp³-hybridized carbons (Fsp3) is 0.348. The van der Waals surface area contributed by atoms with Gasteiger partial charge < -0.3 is 5.32 Å². The lowest BCUT2D eigenvalue weighted by molar-refractivity contribution is -0.113. The molecule has 0 bridgehead atoms. The number of nitrogens with zero attached hydrogens (tertiary/aromatic N) is 2. The Morgan fingerprint density at radius 2 is 2.29 bits per heavy atom. The number of hydrogen-bond acceptors (Lipinski definition) is 5. The quantitative estimate of drug-likeness (QED) is 0.293. The van der Waals surface area contributed by atoms with Crippen LogP contribution in [0.1, 0.15) is 29.3 Å². The van der Waals surface area contributed by atoms with Crippen LogP contribution in [0.25, 0.3) is 10.2 Å². The van der Waals surface area contributed by atoms with Crippen LogP contribution in [0.15, 0.2) is 40.8 Å². The van der Waals surface area contributed by atoms with Gasteiger partial charge in [0.1, 0.15) is 4.83 Å². The van der Waals surface area contributed by atoms with Gasteiger partial charge in [-0.3, -0.25) is 14.2 Å². The van der Waals surface area contributed by atoms with E-state index < -0.39 is 0 Å². The fourth-order valence-corrected chi connectivity index (χ4v) is 6.25. The minimum absolute atomic E-state index is 0.0365. The van der Waals surface area contributed by atoms with Crippen molar-refractivity contribution in [2.24, 2.45) is 5.92 Å². The van der Waals surface area contributed by atoms with Gasteiger partial charge in [-0.1, -0.05) is 42.4 Å². The van der Waals surface area contributed by atoms with Crippen molar-refractivity contribution in [2.75, 3.05) is 11.1 Å². The number of anilines is 1. The number of aryl methyl sites for hydroxylation is 2. The number of aromatic nitrogens is 2. The molecule has 31 heavy (non-hydrogen) atoms. The number of carbonyl (C=O) groups excluding carboxylic acids is 1. The number of amides is 1. The van der Waals surface area contributed by atoms with Crippen LogP contribution in [0.3, 0.4) is 0 Å². The van der Waals surface area contributed by atoms with E-state index in [-0.39, 0.29) is 17.2 Å². The van der Waals surface area contributed by atoms with Crippen molar-refractivity contribution < 1.29 is 4.79 Å². The Hall–Kier alpha value is -2.09. The lowest BCUT2D eigenvalue weighted by Gasteiger charge is -2.17. The maximum Gasteiger partial charge on any atom is 0.263 e. The minimum Gasteiger partial charge on any atom is -0.325 e. The molecule has 0 saturated carbocycles. The Bertz CT molecular complexity index is 1230. The molecule has 0 spiro atoms. The summed E-state index contributed by atoms with van der Waals surface area (Å²) in [7, 11) is 0. The number of benzene rings is 1. The lowest BCUT2D eigenvalue weighted by Crippen LogP contribution is -2.24. The maximum atomic E-state index is 13.3. The molecule has 0 aliphatic heterocycles. The maximum absolute atomic E-state index is 13.3. The first-order valence-corrected chi connectivity index (χ1v) is 12.4. The summed E-state index contributed by atoms with van der Waals surface area (Å²) in [5.41, 5.74) is 2.75. The normalized spacial score (nSPS) is 15.6. The van der Waals surface area contributed by atoms with E-state index in [1.807, 2.05) is 13.0 Å². The number of allylic oxidation sites excluding steroid dienone is 1. The molecular formula is C23H24ClN3O2S2. The standard InChI is InChI=1S/C23H24ClN3O2S2/c1-4-9-27-22(29)20-16-8-5-13(2)10-18(16)31-21(20)26-23(27)30-12-19(28)25-17-11-15(24)7-6-14(17)3/h4,6-7,11,13H,1,5,8-10,12H2,2-3H3,(H,25,28)/t13-/m0/s1. The van der Waals surface area contributed by atoms with Gasteiger partial charge in [0, 0.05) is 22.1 Å². The van der Waals surface area contributed by atoms with Crippen LogP contribution in [-0.4, -0.2) is 21.2 Å². The van der Waals surface area contributed by atoms with Crippen LogP contribution in [0.4, 0.5) is 5.69 Å². The second kappa shape index (κ2) is 9.18. The number of nitrogens with one attached hydrogen (secondary N) is 1. The monoisotopic (exact) mass is 473 g/mol. The van der Waals surface area contributed by atoms with Crippen LogP contribution in [0.5, 0.6) is 0 Å². The highest BCUT2D eigenvalue weighted by Gasteiger charge is 2.24. The minimum atomic E-state index is -0.172. The third kappa shape index (κ3) is 4.59. The molecule has 1 N–H and O–H groups in total. The highest BCUT2D eigenvalue weighted by atomic mass is 35.5. The molecule has 1 atom stereocenters. The van der Waals surface area contributed by atoms with Crippen LogP contribution in [-0.2, 0) is 24.2 Å². The molecule has 3 aromatic rings. The Balaban J connectivity index is 1.61. The summed E-state index contributed by atoms with van der Waals surface area (Å²) < 4.78 is 1.63. The van der Waals surface area contributed by atoms with Gasteiger partial charge in [0.2, 0.25) is 5.91 Å². The third-order valence-electron chi connectivity index (χ3n) is 5.50. The van der Waals surface area contributed by atoms with E-state index in [0.717, 1.165) is 35.0 Å². The lowest BCUT2D eigenvalue weighted by atomic mass is 9.89. The molecular weight excluding hydrogens is 450 g/mol. The molecule has 162 valence electrons. The molecule has 1 aliphatic rings. The van der Waals surface area contributed by atoms with Crippen molar-refractivity contribution in [3.8, 4) is 0 Å². The van der Waals surface area contributed by atoms with E-state index in [1.165, 1.54) is 22.2 Å². The summed E-state index contributed by atoms with van der Waals surface area (Å²) in [6.45, 7) is 8.31. The van der Waals surface area contributed by atoms with Gasteiger partial charge in [-0.05, 0) is 55.4 Å². The van der Waals surface area contributed by atoms with E-state index in [0.29, 0.717) is 28.3 Å². The molecule has 2 heterocycles. The van der Waals surface area contributed by atoms with E-state index in [1.54, 1.807) is 34.1 Å². The Morgan fingerprint density at radius 3 is 3.06 bits per heavy atom. The van der Waals surface area contributed by atoms with Crippen molar-refractivity contribution in [1.29, 1.82) is 0 Å². The number of halogens is 1. The van der Waals surface area contributed by atoms with E-state index in [2.05, 4.69) is 18.8 Å². The van der Waals surface area contributed by atoms with Gasteiger partial charge in [-0.15, -0.1) is 17.9 Å². The van der Waals surface area contributed by atoms with Gasteiger partial charge >= 0.3 is 0 Å². The number of fused-ring (bicyclic) bond motifs is 3. The number of hydrogen-bond donors (Lipinski definition) is 1. The molecule has 2 aromatic heterocycles. The molecule has 8 heteroatoms. The zero-order chi connectivity index (χ0) is 22.1. The van der Waals surface area contributed by atoms with Crippen molar-refractivity contribution in [3.05, 3.63) is 62.2 Å². The predicted molar refractivity (Wildman–Crippen MR) is 131 cm³/mol. The zero-order valence-corrected chi connectivity index (χ0v) is 19.9. The second-order valence-corrected chi connectivity index (χ2v) is 10.4. The summed E-state index contributed by atoms with van der Waals surface area (Å²) in [6.07, 6.45) is 4.71. The highest BCUT2D eigenvalue weighted by molar-refractivity contribution is 7.99. The van der Waals surface area contributed by atoms with Gasteiger partial charge in [0.05, 0.1) is 11.1 Å². The number of thiophene rings is 1. The molecule has 4 rings (SSSR count). The average Bonchev–Trinajstić information content (AvgIpc) is 3.09. The molecule has 5 nitrogen and oxygen atoms in total. The van der Waals surface area contributed by atoms with E-state index >= 15 is 0 Å². The van der Waals surface area contributed by atoms with E-state index in [9.17, 15) is 9.59 Å². The van der Waals surface area contributed by atoms with Crippen LogP contribution < -0.4 is 10.9 Å². The van der Waals surface area contributed by atoms with Crippen molar-refractivity contribution in [1.82, 2.24) is 9.55 Å². The number of rotatable bonds is 6. The van der Waals surface area contributed by atoms with Gasteiger partial charge in [0.15, 0.2) is 5.16 Å². The summed E-state index contributed by atoms with van der Waals surface area (Å²) >= 11 is 8.93. The van der Waals surface area contributed by atoms with Crippen LogP contribution in [0.2, 0.25) is 5.02 Å². The number of carbonyl (C=O) groups is 1. The first kappa shape index (κ1) is 22.1. The largest absolute Gasteiger partial charge is 0.325 e. The smallest absolute Gasteiger partial charge is 0.263 e. The van der Waals surface area contributed by atoms with Crippen molar-refractivity contribution in [3.63, 3.8) is 0 Å². The molecule has 0 unspecified atom stereocenters. The molecule has 1 aliphatic carbocycles. The van der Waals surface area contributed by atoms with Gasteiger partial charge in [-0.25, -0.2) is 4.98 Å². The fourth-order valence-electron chi connectivity index (χ4n) is 3.85. The third-order valence-corrected chi connectivity index (χ3v) is 7.86. The van der Waals surface area contributed by atoms with Crippen molar-refractivity contribution in [2.45, 2.75) is 44.8 Å². The first-order chi connectivity index (χ1) is 14.9. The molecule has 1 aromatic carbocycles. The predicted octanol–water partition coefficient (Wildman–Crippen LogP) is 5.46. The van der Waals surface area contributed by atoms with Crippen LogP contribution in [0, 0.1) is 12.8 Å². The Labute approximate surface area is 194 Å². The second-order valence-electron chi connectivity index (χ2n) is 7.93. The average molecular weight is 474 g/mol. The van der Waals surface area contributed by atoms with Crippen molar-refractivity contribution >= 4 is 56.5 Å². The summed E-state index contributed by atoms with van der Waals surface area (Å²) in [5.74, 6) is 0.598. The Morgan fingerprint density at radius 1 is 1.48 bits per heavy atom. The van der Waals surface area contributed by atoms with Gasteiger partial charge in [0.25, 0.3) is 5.56 Å². The summed E-state index contributed by atoms with van der Waals surface area (Å²) in [4.78, 5) is 32.7. The zero-order valence-electron chi connectivity index (χ0n) is 17.5. The first-order valence-electron chi connectivity index (χ1n) is 10.2.